The molecule has 0 aliphatic rings. The third-order valence-corrected chi connectivity index (χ3v) is 4.47. The number of rotatable bonds is 8. The van der Waals surface area contributed by atoms with E-state index in [2.05, 4.69) is 46.4 Å². The summed E-state index contributed by atoms with van der Waals surface area (Å²) in [6.45, 7) is 5.81. The summed E-state index contributed by atoms with van der Waals surface area (Å²) in [5.74, 6) is 1.66. The Labute approximate surface area is 127 Å². The molecule has 1 rings (SSSR count). The molecular formula is C13H22BrN3OS. The molecule has 0 aromatic carbocycles. The molecule has 0 fully saturated rings. The largest absolute Gasteiger partial charge is 0.382 e. The average Bonchev–Trinajstić information content (AvgIpc) is 2.40. The molecule has 0 aliphatic carbocycles. The van der Waals surface area contributed by atoms with E-state index in [0.29, 0.717) is 16.9 Å². The number of anilines is 1. The lowest BCUT2D eigenvalue weighted by Crippen LogP contribution is -2.25. The minimum Gasteiger partial charge on any atom is -0.382 e. The highest BCUT2D eigenvalue weighted by atomic mass is 79.9. The van der Waals surface area contributed by atoms with Crippen molar-refractivity contribution in [3.8, 4) is 0 Å². The van der Waals surface area contributed by atoms with E-state index < -0.39 is 0 Å². The van der Waals surface area contributed by atoms with Crippen molar-refractivity contribution in [2.24, 2.45) is 5.92 Å². The van der Waals surface area contributed by atoms with Crippen molar-refractivity contribution < 1.29 is 0 Å². The summed E-state index contributed by atoms with van der Waals surface area (Å²) in [7, 11) is 0. The third kappa shape index (κ3) is 5.18. The second-order valence-corrected chi connectivity index (χ2v) is 6.40. The number of thioether (sulfide) groups is 1. The third-order valence-electron chi connectivity index (χ3n) is 2.80. The van der Waals surface area contributed by atoms with Crippen molar-refractivity contribution in [1.82, 2.24) is 9.78 Å². The normalized spacial score (nSPS) is 12.4. The zero-order chi connectivity index (χ0) is 14.3. The van der Waals surface area contributed by atoms with E-state index in [1.807, 2.05) is 11.8 Å². The van der Waals surface area contributed by atoms with E-state index in [1.165, 1.54) is 4.68 Å². The molecule has 0 aliphatic heterocycles. The molecule has 19 heavy (non-hydrogen) atoms. The van der Waals surface area contributed by atoms with Crippen LogP contribution in [0.4, 0.5) is 5.69 Å². The Bertz CT molecular complexity index is 450. The number of aryl methyl sites for hydroxylation is 1. The number of hydrogen-bond acceptors (Lipinski definition) is 4. The topological polar surface area (TPSA) is 46.9 Å². The van der Waals surface area contributed by atoms with Crippen LogP contribution in [0.15, 0.2) is 15.5 Å². The van der Waals surface area contributed by atoms with Crippen molar-refractivity contribution in [2.75, 3.05) is 23.9 Å². The molecule has 0 saturated carbocycles. The zero-order valence-electron chi connectivity index (χ0n) is 11.8. The van der Waals surface area contributed by atoms with Gasteiger partial charge in [-0.15, -0.1) is 0 Å². The van der Waals surface area contributed by atoms with E-state index in [1.54, 1.807) is 6.20 Å². The SMILES string of the molecule is CCCCn1ncc(NCC(C)CSC)c(Br)c1=O. The molecule has 1 aromatic heterocycles. The average molecular weight is 348 g/mol. The fourth-order valence-electron chi connectivity index (χ4n) is 1.68. The van der Waals surface area contributed by atoms with Crippen LogP contribution in [-0.2, 0) is 6.54 Å². The van der Waals surface area contributed by atoms with Gasteiger partial charge in [0.25, 0.3) is 5.56 Å². The summed E-state index contributed by atoms with van der Waals surface area (Å²) in [6, 6.07) is 0. The van der Waals surface area contributed by atoms with Crippen LogP contribution >= 0.6 is 27.7 Å². The number of unbranched alkanes of at least 4 members (excludes halogenated alkanes) is 1. The Morgan fingerprint density at radius 3 is 2.95 bits per heavy atom. The first-order chi connectivity index (χ1) is 9.10. The molecule has 1 heterocycles. The maximum atomic E-state index is 12.1. The first-order valence-corrected chi connectivity index (χ1v) is 8.77. The number of nitrogens with zero attached hydrogens (tertiary/aromatic N) is 2. The van der Waals surface area contributed by atoms with Crippen molar-refractivity contribution >= 4 is 33.4 Å². The fourth-order valence-corrected chi connectivity index (χ4v) is 2.82. The summed E-state index contributed by atoms with van der Waals surface area (Å²) < 4.78 is 2.10. The highest BCUT2D eigenvalue weighted by Gasteiger charge is 2.09. The van der Waals surface area contributed by atoms with Crippen molar-refractivity contribution in [2.45, 2.75) is 33.2 Å². The van der Waals surface area contributed by atoms with Crippen LogP contribution in [-0.4, -0.2) is 28.3 Å². The molecule has 0 spiro atoms. The molecule has 1 atom stereocenters. The van der Waals surface area contributed by atoms with Crippen LogP contribution in [0.25, 0.3) is 0 Å². The lowest BCUT2D eigenvalue weighted by molar-refractivity contribution is 0.541. The molecule has 0 saturated heterocycles. The molecule has 1 N–H and O–H groups in total. The fraction of sp³-hybridized carbons (Fsp3) is 0.692. The molecule has 6 heteroatoms. The van der Waals surface area contributed by atoms with Crippen molar-refractivity contribution in [3.63, 3.8) is 0 Å². The first kappa shape index (κ1) is 16.6. The van der Waals surface area contributed by atoms with Crippen LogP contribution in [0.2, 0.25) is 0 Å². The van der Waals surface area contributed by atoms with E-state index in [0.717, 1.165) is 30.8 Å². The predicted molar refractivity (Wildman–Crippen MR) is 87.1 cm³/mol. The van der Waals surface area contributed by atoms with Crippen LogP contribution in [0.3, 0.4) is 0 Å². The van der Waals surface area contributed by atoms with Gasteiger partial charge in [-0.1, -0.05) is 20.3 Å². The molecule has 0 amide bonds. The summed E-state index contributed by atoms with van der Waals surface area (Å²) in [6.07, 6.45) is 5.85. The Balaban J connectivity index is 2.71. The van der Waals surface area contributed by atoms with Gasteiger partial charge in [-0.25, -0.2) is 4.68 Å². The highest BCUT2D eigenvalue weighted by molar-refractivity contribution is 9.10. The molecular weight excluding hydrogens is 326 g/mol. The van der Waals surface area contributed by atoms with E-state index >= 15 is 0 Å². The van der Waals surface area contributed by atoms with Gasteiger partial charge in [-0.2, -0.15) is 16.9 Å². The van der Waals surface area contributed by atoms with Crippen molar-refractivity contribution in [3.05, 3.63) is 21.0 Å². The summed E-state index contributed by atoms with van der Waals surface area (Å²) in [5, 5.41) is 7.49. The van der Waals surface area contributed by atoms with E-state index in [9.17, 15) is 4.79 Å². The molecule has 4 nitrogen and oxygen atoms in total. The van der Waals surface area contributed by atoms with Crippen LogP contribution in [0, 0.1) is 5.92 Å². The molecule has 108 valence electrons. The summed E-state index contributed by atoms with van der Waals surface area (Å²) in [4.78, 5) is 12.1. The maximum Gasteiger partial charge on any atom is 0.283 e. The highest BCUT2D eigenvalue weighted by Crippen LogP contribution is 2.17. The monoisotopic (exact) mass is 347 g/mol. The Kier molecular flexibility index (Phi) is 7.53. The zero-order valence-corrected chi connectivity index (χ0v) is 14.2. The minimum absolute atomic E-state index is 0.0593. The molecule has 1 aromatic rings. The second kappa shape index (κ2) is 8.64. The van der Waals surface area contributed by atoms with Gasteiger partial charge >= 0.3 is 0 Å². The van der Waals surface area contributed by atoms with E-state index in [4.69, 9.17) is 0 Å². The van der Waals surface area contributed by atoms with Gasteiger partial charge < -0.3 is 5.32 Å². The Morgan fingerprint density at radius 2 is 2.32 bits per heavy atom. The smallest absolute Gasteiger partial charge is 0.283 e. The van der Waals surface area contributed by atoms with Crippen molar-refractivity contribution in [1.29, 1.82) is 0 Å². The van der Waals surface area contributed by atoms with Crippen LogP contribution in [0.5, 0.6) is 0 Å². The second-order valence-electron chi connectivity index (χ2n) is 4.70. The first-order valence-electron chi connectivity index (χ1n) is 6.58. The minimum atomic E-state index is -0.0593. The molecule has 0 radical (unpaired) electrons. The quantitative estimate of drug-likeness (QED) is 0.784. The van der Waals surface area contributed by atoms with Gasteiger partial charge in [0.05, 0.1) is 11.9 Å². The predicted octanol–water partition coefficient (Wildman–Crippen LogP) is 3.22. The van der Waals surface area contributed by atoms with Gasteiger partial charge in [-0.05, 0) is 40.3 Å². The number of aromatic nitrogens is 2. The Morgan fingerprint density at radius 1 is 1.58 bits per heavy atom. The van der Waals surface area contributed by atoms with Crippen LogP contribution < -0.4 is 10.9 Å². The van der Waals surface area contributed by atoms with Gasteiger partial charge in [0, 0.05) is 13.1 Å². The maximum absolute atomic E-state index is 12.1. The summed E-state index contributed by atoms with van der Waals surface area (Å²) in [5.41, 5.74) is 0.724. The van der Waals surface area contributed by atoms with Gasteiger partial charge in [0.1, 0.15) is 4.47 Å². The molecule has 1 unspecified atom stereocenters. The van der Waals surface area contributed by atoms with Gasteiger partial charge in [-0.3, -0.25) is 4.79 Å². The number of halogens is 1. The lowest BCUT2D eigenvalue weighted by atomic mass is 10.2. The van der Waals surface area contributed by atoms with E-state index in [-0.39, 0.29) is 5.56 Å². The summed E-state index contributed by atoms with van der Waals surface area (Å²) >= 11 is 5.20. The van der Waals surface area contributed by atoms with Gasteiger partial charge in [0.15, 0.2) is 0 Å². The number of hydrogen-bond donors (Lipinski definition) is 1. The molecule has 0 bridgehead atoms. The Hall–Kier alpha value is -0.490. The standard InChI is InChI=1S/C13H22BrN3OS/c1-4-5-6-17-13(18)12(14)11(8-16-17)15-7-10(2)9-19-3/h8,10,15H,4-7,9H2,1-3H3. The number of nitrogens with one attached hydrogen (secondary N) is 1. The lowest BCUT2D eigenvalue weighted by Gasteiger charge is -2.14. The van der Waals surface area contributed by atoms with Crippen LogP contribution in [0.1, 0.15) is 26.7 Å². The van der Waals surface area contributed by atoms with Gasteiger partial charge in [0.2, 0.25) is 0 Å².